The molecule has 0 saturated heterocycles. The maximum Gasteiger partial charge on any atom is 0.192 e. The van der Waals surface area contributed by atoms with E-state index in [1.54, 1.807) is 0 Å². The first-order valence-corrected chi connectivity index (χ1v) is 14.7. The van der Waals surface area contributed by atoms with Gasteiger partial charge in [-0.15, -0.1) is 0 Å². The minimum Gasteiger partial charge on any atom is -0.413 e. The van der Waals surface area contributed by atoms with Gasteiger partial charge in [0.1, 0.15) is 0 Å². The van der Waals surface area contributed by atoms with Crippen LogP contribution in [0.25, 0.3) is 0 Å². The highest BCUT2D eigenvalue weighted by Gasteiger charge is 2.60. The first kappa shape index (κ1) is 20.2. The van der Waals surface area contributed by atoms with Crippen LogP contribution in [0, 0.1) is 34.5 Å². The third-order valence-electron chi connectivity index (χ3n) is 10.3. The van der Waals surface area contributed by atoms with Crippen LogP contribution in [0.15, 0.2) is 12.2 Å². The number of allylic oxidation sites excluding steroid dienone is 2. The summed E-state index contributed by atoms with van der Waals surface area (Å²) >= 11 is 0. The van der Waals surface area contributed by atoms with Crippen LogP contribution in [0.3, 0.4) is 0 Å². The van der Waals surface area contributed by atoms with Crippen LogP contribution < -0.4 is 0 Å². The lowest BCUT2D eigenvalue weighted by molar-refractivity contribution is -0.102. The number of fused-ring (bicyclic) bond motifs is 5. The molecule has 4 aliphatic rings. The molecule has 0 aliphatic heterocycles. The van der Waals surface area contributed by atoms with Crippen molar-refractivity contribution in [2.75, 3.05) is 0 Å². The van der Waals surface area contributed by atoms with Crippen molar-refractivity contribution in [1.82, 2.24) is 0 Å². The number of hydrogen-bond acceptors (Lipinski definition) is 1. The van der Waals surface area contributed by atoms with Crippen LogP contribution in [-0.4, -0.2) is 14.4 Å². The summed E-state index contributed by atoms with van der Waals surface area (Å²) in [5, 5.41) is 0.318. The van der Waals surface area contributed by atoms with Crippen LogP contribution in [0.5, 0.6) is 0 Å². The Hall–Kier alpha value is -0.0831. The second-order valence-corrected chi connectivity index (χ2v) is 17.3. The molecule has 27 heavy (non-hydrogen) atoms. The molecule has 4 rings (SSSR count). The van der Waals surface area contributed by atoms with E-state index in [2.05, 4.69) is 59.9 Å². The molecule has 0 bridgehead atoms. The van der Waals surface area contributed by atoms with E-state index in [-0.39, 0.29) is 0 Å². The Labute approximate surface area is 169 Å². The molecule has 2 heteroatoms. The van der Waals surface area contributed by atoms with E-state index in [9.17, 15) is 0 Å². The van der Waals surface area contributed by atoms with Crippen LogP contribution in [0.2, 0.25) is 18.1 Å². The van der Waals surface area contributed by atoms with Crippen LogP contribution in [0.1, 0.15) is 86.0 Å². The maximum atomic E-state index is 7.07. The van der Waals surface area contributed by atoms with Crippen molar-refractivity contribution in [3.05, 3.63) is 12.2 Å². The summed E-state index contributed by atoms with van der Waals surface area (Å²) in [5.41, 5.74) is 1.02. The average Bonchev–Trinajstić information content (AvgIpc) is 2.89. The average molecular weight is 389 g/mol. The van der Waals surface area contributed by atoms with E-state index in [4.69, 9.17) is 4.43 Å². The summed E-state index contributed by atoms with van der Waals surface area (Å²) < 4.78 is 7.07. The highest BCUT2D eigenvalue weighted by Crippen LogP contribution is 2.66. The van der Waals surface area contributed by atoms with Crippen molar-refractivity contribution < 1.29 is 4.43 Å². The van der Waals surface area contributed by atoms with Crippen LogP contribution in [-0.2, 0) is 4.43 Å². The molecule has 0 N–H and O–H groups in total. The Morgan fingerprint density at radius 3 is 2.30 bits per heavy atom. The largest absolute Gasteiger partial charge is 0.413 e. The lowest BCUT2D eigenvalue weighted by Crippen LogP contribution is -2.54. The summed E-state index contributed by atoms with van der Waals surface area (Å²) in [4.78, 5) is 0. The standard InChI is InChI=1S/C25H44OSi/c1-23(2,3)27(6,7)26-22-14-13-20-19-12-11-18-10-8-9-16-24(18,4)21(19)15-17-25(20,22)5/h8,10,18-22H,9,11-17H2,1-7H3/t18-,19+,20+,21+,22?,24+,25+/m1/s1. The van der Waals surface area contributed by atoms with Gasteiger partial charge in [-0.05, 0) is 104 Å². The molecule has 0 radical (unpaired) electrons. The number of rotatable bonds is 2. The summed E-state index contributed by atoms with van der Waals surface area (Å²) in [6, 6.07) is 0. The van der Waals surface area contributed by atoms with Crippen molar-refractivity contribution in [3.8, 4) is 0 Å². The van der Waals surface area contributed by atoms with Gasteiger partial charge in [0, 0.05) is 0 Å². The van der Waals surface area contributed by atoms with Crippen LogP contribution >= 0.6 is 0 Å². The molecule has 4 aliphatic carbocycles. The third kappa shape index (κ3) is 3.03. The molecule has 1 unspecified atom stereocenters. The molecule has 0 amide bonds. The Kier molecular flexibility index (Phi) is 4.83. The quantitative estimate of drug-likeness (QED) is 0.350. The maximum absolute atomic E-state index is 7.07. The fourth-order valence-corrected chi connectivity index (χ4v) is 8.96. The van der Waals surface area contributed by atoms with Gasteiger partial charge in [0.05, 0.1) is 6.10 Å². The van der Waals surface area contributed by atoms with Crippen molar-refractivity contribution >= 4 is 8.32 Å². The summed E-state index contributed by atoms with van der Waals surface area (Å²) in [6.45, 7) is 17.4. The highest BCUT2D eigenvalue weighted by atomic mass is 28.4. The lowest BCUT2D eigenvalue weighted by atomic mass is 9.46. The minimum absolute atomic E-state index is 0.318. The van der Waals surface area contributed by atoms with Gasteiger partial charge >= 0.3 is 0 Å². The second kappa shape index (κ2) is 6.46. The van der Waals surface area contributed by atoms with E-state index in [1.165, 1.54) is 51.4 Å². The lowest BCUT2D eigenvalue weighted by Gasteiger charge is -2.59. The van der Waals surface area contributed by atoms with Crippen LogP contribution in [0.4, 0.5) is 0 Å². The Bertz CT molecular complexity index is 602. The van der Waals surface area contributed by atoms with Crippen molar-refractivity contribution in [1.29, 1.82) is 0 Å². The minimum atomic E-state index is -1.69. The van der Waals surface area contributed by atoms with E-state index >= 15 is 0 Å². The summed E-state index contributed by atoms with van der Waals surface area (Å²) in [6.07, 6.45) is 16.8. The van der Waals surface area contributed by atoms with E-state index in [1.807, 2.05) is 0 Å². The van der Waals surface area contributed by atoms with Crippen molar-refractivity contribution in [2.24, 2.45) is 34.5 Å². The molecule has 3 saturated carbocycles. The SMILES string of the molecule is CC(C)(C)[Si](C)(C)OC1CC[C@H]2[C@@H]3CC[C@H]4C=CCC[C@]4(C)[C@H]3CC[C@]12C. The van der Waals surface area contributed by atoms with E-state index in [0.29, 0.717) is 22.0 Å². The zero-order valence-electron chi connectivity index (χ0n) is 19.1. The molecule has 154 valence electrons. The van der Waals surface area contributed by atoms with E-state index < -0.39 is 8.32 Å². The van der Waals surface area contributed by atoms with Crippen molar-refractivity contribution in [2.45, 2.75) is 110 Å². The molecule has 0 aromatic heterocycles. The predicted octanol–water partition coefficient (Wildman–Crippen LogP) is 7.59. The zero-order valence-corrected chi connectivity index (χ0v) is 20.1. The van der Waals surface area contributed by atoms with Gasteiger partial charge in [-0.3, -0.25) is 0 Å². The molecule has 3 fully saturated rings. The van der Waals surface area contributed by atoms with Gasteiger partial charge in [-0.2, -0.15) is 0 Å². The topological polar surface area (TPSA) is 9.23 Å². The van der Waals surface area contributed by atoms with Gasteiger partial charge in [0.2, 0.25) is 0 Å². The monoisotopic (exact) mass is 388 g/mol. The van der Waals surface area contributed by atoms with Gasteiger partial charge in [-0.1, -0.05) is 46.8 Å². The van der Waals surface area contributed by atoms with Gasteiger partial charge in [0.25, 0.3) is 0 Å². The summed E-state index contributed by atoms with van der Waals surface area (Å²) in [7, 11) is -1.69. The number of hydrogen-bond donors (Lipinski definition) is 0. The third-order valence-corrected chi connectivity index (χ3v) is 14.8. The molecule has 0 aromatic rings. The summed E-state index contributed by atoms with van der Waals surface area (Å²) in [5.74, 6) is 3.70. The smallest absolute Gasteiger partial charge is 0.192 e. The molecular formula is C25H44OSi. The van der Waals surface area contributed by atoms with Crippen molar-refractivity contribution in [3.63, 3.8) is 0 Å². The second-order valence-electron chi connectivity index (χ2n) is 12.5. The zero-order chi connectivity index (χ0) is 19.7. The molecule has 7 atom stereocenters. The fourth-order valence-electron chi connectivity index (χ4n) is 7.51. The van der Waals surface area contributed by atoms with Gasteiger partial charge in [0.15, 0.2) is 8.32 Å². The molecule has 0 heterocycles. The fraction of sp³-hybridized carbons (Fsp3) is 0.920. The van der Waals surface area contributed by atoms with Gasteiger partial charge in [-0.25, -0.2) is 0 Å². The molecule has 1 nitrogen and oxygen atoms in total. The highest BCUT2D eigenvalue weighted by molar-refractivity contribution is 6.74. The predicted molar refractivity (Wildman–Crippen MR) is 118 cm³/mol. The molecular weight excluding hydrogens is 344 g/mol. The van der Waals surface area contributed by atoms with Gasteiger partial charge < -0.3 is 4.43 Å². The Balaban J connectivity index is 1.56. The van der Waals surface area contributed by atoms with E-state index in [0.717, 1.165) is 23.7 Å². The Morgan fingerprint density at radius 2 is 1.59 bits per heavy atom. The normalized spacial score (nSPS) is 47.3. The first-order valence-electron chi connectivity index (χ1n) is 11.8. The Morgan fingerprint density at radius 1 is 0.889 bits per heavy atom. The molecule has 0 spiro atoms. The molecule has 0 aromatic carbocycles. The first-order chi connectivity index (χ1) is 12.5.